The molecule has 3 N–H and O–H groups in total. The summed E-state index contributed by atoms with van der Waals surface area (Å²) in [4.78, 5) is 10.3. The minimum atomic E-state index is -0.427. The van der Waals surface area contributed by atoms with E-state index in [-0.39, 0.29) is 6.61 Å². The zero-order chi connectivity index (χ0) is 9.52. The van der Waals surface area contributed by atoms with Crippen LogP contribution in [0.3, 0.4) is 0 Å². The number of carbonyl (C=O) groups is 1. The molecule has 0 bridgehead atoms. The molecule has 1 aliphatic heterocycles. The molecule has 13 heavy (non-hydrogen) atoms. The lowest BCUT2D eigenvalue weighted by molar-refractivity contribution is -0.122. The third-order valence-corrected chi connectivity index (χ3v) is 1.85. The highest BCUT2D eigenvalue weighted by molar-refractivity contribution is 5.74. The Morgan fingerprint density at radius 1 is 1.69 bits per heavy atom. The van der Waals surface area contributed by atoms with E-state index in [4.69, 9.17) is 15.2 Å². The van der Waals surface area contributed by atoms with E-state index in [0.717, 1.165) is 26.2 Å². The van der Waals surface area contributed by atoms with Gasteiger partial charge in [-0.05, 0) is 6.42 Å². The molecule has 1 saturated heterocycles. The summed E-state index contributed by atoms with van der Waals surface area (Å²) in [7, 11) is 0. The molecule has 0 radical (unpaired) electrons. The van der Waals surface area contributed by atoms with E-state index in [1.165, 1.54) is 0 Å². The summed E-state index contributed by atoms with van der Waals surface area (Å²) in [5, 5.41) is 3.25. The van der Waals surface area contributed by atoms with Crippen molar-refractivity contribution in [2.75, 3.05) is 33.0 Å². The number of hydrogen-bond acceptors (Lipinski definition) is 4. The van der Waals surface area contributed by atoms with Gasteiger partial charge in [-0.25, -0.2) is 0 Å². The molecule has 0 aliphatic carbocycles. The van der Waals surface area contributed by atoms with Gasteiger partial charge in [-0.1, -0.05) is 0 Å². The molecule has 1 atom stereocenters. The molecule has 1 unspecified atom stereocenters. The monoisotopic (exact) mass is 188 g/mol. The normalized spacial score (nSPS) is 22.0. The zero-order valence-corrected chi connectivity index (χ0v) is 7.62. The fourth-order valence-electron chi connectivity index (χ4n) is 1.20. The van der Waals surface area contributed by atoms with Crippen molar-refractivity contribution in [3.8, 4) is 0 Å². The van der Waals surface area contributed by atoms with Crippen molar-refractivity contribution in [1.29, 1.82) is 0 Å². The second-order valence-corrected chi connectivity index (χ2v) is 3.03. The van der Waals surface area contributed by atoms with Crippen LogP contribution >= 0.6 is 0 Å². The number of nitrogens with two attached hydrogens (primary N) is 1. The van der Waals surface area contributed by atoms with Gasteiger partial charge >= 0.3 is 0 Å². The SMILES string of the molecule is NC(=O)COCCNC1CCOC1. The fourth-order valence-corrected chi connectivity index (χ4v) is 1.20. The van der Waals surface area contributed by atoms with Crippen LogP contribution < -0.4 is 11.1 Å². The highest BCUT2D eigenvalue weighted by Gasteiger charge is 2.13. The average molecular weight is 188 g/mol. The van der Waals surface area contributed by atoms with Crippen molar-refractivity contribution in [2.24, 2.45) is 5.73 Å². The van der Waals surface area contributed by atoms with Gasteiger partial charge in [-0.3, -0.25) is 4.79 Å². The Labute approximate surface area is 77.6 Å². The van der Waals surface area contributed by atoms with Gasteiger partial charge < -0.3 is 20.5 Å². The molecule has 0 spiro atoms. The lowest BCUT2D eigenvalue weighted by Crippen LogP contribution is -2.32. The standard InChI is InChI=1S/C8H16N2O3/c9-8(11)6-13-4-2-10-7-1-3-12-5-7/h7,10H,1-6H2,(H2,9,11). The topological polar surface area (TPSA) is 73.6 Å². The second kappa shape index (κ2) is 5.90. The van der Waals surface area contributed by atoms with Gasteiger partial charge in [0.25, 0.3) is 0 Å². The highest BCUT2D eigenvalue weighted by atomic mass is 16.5. The molecule has 0 aromatic heterocycles. The Morgan fingerprint density at radius 3 is 3.15 bits per heavy atom. The summed E-state index contributed by atoms with van der Waals surface area (Å²) in [6.07, 6.45) is 1.05. The molecule has 1 fully saturated rings. The Morgan fingerprint density at radius 2 is 2.54 bits per heavy atom. The molecule has 1 rings (SSSR count). The summed E-state index contributed by atoms with van der Waals surface area (Å²) in [5.74, 6) is -0.427. The van der Waals surface area contributed by atoms with Gasteiger partial charge in [0, 0.05) is 19.2 Å². The molecule has 1 amide bonds. The van der Waals surface area contributed by atoms with E-state index in [1.54, 1.807) is 0 Å². The molecular weight excluding hydrogens is 172 g/mol. The van der Waals surface area contributed by atoms with Gasteiger partial charge in [-0.15, -0.1) is 0 Å². The Balaban J connectivity index is 1.86. The number of rotatable bonds is 6. The lowest BCUT2D eigenvalue weighted by atomic mass is 10.3. The first-order valence-corrected chi connectivity index (χ1v) is 4.46. The van der Waals surface area contributed by atoms with Crippen LogP contribution in [-0.4, -0.2) is 44.9 Å². The van der Waals surface area contributed by atoms with Crippen LogP contribution in [0.5, 0.6) is 0 Å². The van der Waals surface area contributed by atoms with Crippen LogP contribution in [0.15, 0.2) is 0 Å². The third-order valence-electron chi connectivity index (χ3n) is 1.85. The first-order chi connectivity index (χ1) is 6.29. The Hall–Kier alpha value is -0.650. The Kier molecular flexibility index (Phi) is 4.74. The molecule has 5 nitrogen and oxygen atoms in total. The van der Waals surface area contributed by atoms with Crippen molar-refractivity contribution >= 4 is 5.91 Å². The van der Waals surface area contributed by atoms with E-state index in [9.17, 15) is 4.79 Å². The lowest BCUT2D eigenvalue weighted by Gasteiger charge is -2.09. The van der Waals surface area contributed by atoms with Crippen molar-refractivity contribution in [3.63, 3.8) is 0 Å². The highest BCUT2D eigenvalue weighted by Crippen LogP contribution is 2.02. The third kappa shape index (κ3) is 4.82. The number of hydrogen-bond donors (Lipinski definition) is 2. The fraction of sp³-hybridized carbons (Fsp3) is 0.875. The summed E-state index contributed by atoms with van der Waals surface area (Å²) < 4.78 is 10.2. The summed E-state index contributed by atoms with van der Waals surface area (Å²) in [6, 6.07) is 0.442. The van der Waals surface area contributed by atoms with Gasteiger partial charge in [0.2, 0.25) is 5.91 Å². The molecule has 76 valence electrons. The molecule has 5 heteroatoms. The van der Waals surface area contributed by atoms with E-state index < -0.39 is 5.91 Å². The van der Waals surface area contributed by atoms with E-state index in [1.807, 2.05) is 0 Å². The smallest absolute Gasteiger partial charge is 0.243 e. The first kappa shape index (κ1) is 10.4. The van der Waals surface area contributed by atoms with Crippen molar-refractivity contribution in [3.05, 3.63) is 0 Å². The molecule has 0 saturated carbocycles. The summed E-state index contributed by atoms with van der Waals surface area (Å²) in [6.45, 7) is 2.86. The largest absolute Gasteiger partial charge is 0.380 e. The number of amides is 1. The van der Waals surface area contributed by atoms with Gasteiger partial charge in [0.1, 0.15) is 6.61 Å². The summed E-state index contributed by atoms with van der Waals surface area (Å²) in [5.41, 5.74) is 4.89. The molecule has 0 aromatic rings. The number of nitrogens with one attached hydrogen (secondary N) is 1. The maximum atomic E-state index is 10.3. The van der Waals surface area contributed by atoms with E-state index in [2.05, 4.69) is 5.32 Å². The van der Waals surface area contributed by atoms with E-state index >= 15 is 0 Å². The number of primary amides is 1. The van der Waals surface area contributed by atoms with Crippen molar-refractivity contribution in [1.82, 2.24) is 5.32 Å². The van der Waals surface area contributed by atoms with Crippen molar-refractivity contribution < 1.29 is 14.3 Å². The van der Waals surface area contributed by atoms with Crippen molar-refractivity contribution in [2.45, 2.75) is 12.5 Å². The molecule has 1 heterocycles. The molecule has 1 aliphatic rings. The predicted octanol–water partition coefficient (Wildman–Crippen LogP) is -1.13. The van der Waals surface area contributed by atoms with Crippen LogP contribution in [0.1, 0.15) is 6.42 Å². The second-order valence-electron chi connectivity index (χ2n) is 3.03. The summed E-state index contributed by atoms with van der Waals surface area (Å²) >= 11 is 0. The Bertz CT molecular complexity index is 157. The minimum absolute atomic E-state index is 0.00282. The van der Waals surface area contributed by atoms with Crippen LogP contribution in [-0.2, 0) is 14.3 Å². The van der Waals surface area contributed by atoms with Crippen LogP contribution in [0.4, 0.5) is 0 Å². The maximum Gasteiger partial charge on any atom is 0.243 e. The van der Waals surface area contributed by atoms with Crippen LogP contribution in [0.25, 0.3) is 0 Å². The molecular formula is C8H16N2O3. The zero-order valence-electron chi connectivity index (χ0n) is 7.62. The van der Waals surface area contributed by atoms with Crippen LogP contribution in [0, 0.1) is 0 Å². The number of ether oxygens (including phenoxy) is 2. The van der Waals surface area contributed by atoms with E-state index in [0.29, 0.717) is 12.6 Å². The van der Waals surface area contributed by atoms with Crippen LogP contribution in [0.2, 0.25) is 0 Å². The first-order valence-electron chi connectivity index (χ1n) is 4.46. The number of carbonyl (C=O) groups excluding carboxylic acids is 1. The van der Waals surface area contributed by atoms with Gasteiger partial charge in [-0.2, -0.15) is 0 Å². The minimum Gasteiger partial charge on any atom is -0.380 e. The van der Waals surface area contributed by atoms with Gasteiger partial charge in [0.15, 0.2) is 0 Å². The molecule has 0 aromatic carbocycles. The average Bonchev–Trinajstić information content (AvgIpc) is 2.55. The quantitative estimate of drug-likeness (QED) is 0.517. The maximum absolute atomic E-state index is 10.3. The predicted molar refractivity (Wildman–Crippen MR) is 47.2 cm³/mol. The van der Waals surface area contributed by atoms with Gasteiger partial charge in [0.05, 0.1) is 13.2 Å².